The van der Waals surface area contributed by atoms with E-state index in [0.717, 1.165) is 28.5 Å². The largest absolute Gasteiger partial charge is 0.368 e. The van der Waals surface area contributed by atoms with Gasteiger partial charge in [-0.2, -0.15) is 0 Å². The molecular formula is C23H23FN2O3. The molecule has 4 rings (SSSR count). The average molecular weight is 394 g/mol. The fourth-order valence-electron chi connectivity index (χ4n) is 3.75. The van der Waals surface area contributed by atoms with Gasteiger partial charge < -0.3 is 14.6 Å². The highest BCUT2D eigenvalue weighted by molar-refractivity contribution is 5.83. The number of H-pyrrole nitrogens is 1. The van der Waals surface area contributed by atoms with Gasteiger partial charge in [0.05, 0.1) is 12.1 Å². The maximum atomic E-state index is 13.3. The van der Waals surface area contributed by atoms with Crippen LogP contribution in [0.2, 0.25) is 0 Å². The first kappa shape index (κ1) is 19.3. The number of nitrogens with zero attached hydrogens (tertiary/aromatic N) is 1. The van der Waals surface area contributed by atoms with Crippen LogP contribution in [0.25, 0.3) is 10.9 Å². The summed E-state index contributed by atoms with van der Waals surface area (Å²) in [5, 5.41) is 0.922. The molecule has 1 aliphatic heterocycles. The maximum absolute atomic E-state index is 13.3. The molecule has 0 spiro atoms. The summed E-state index contributed by atoms with van der Waals surface area (Å²) in [6.07, 6.45) is 1.03. The summed E-state index contributed by atoms with van der Waals surface area (Å²) in [5.41, 5.74) is 2.89. The first-order valence-electron chi connectivity index (χ1n) is 9.77. The van der Waals surface area contributed by atoms with Crippen LogP contribution in [-0.2, 0) is 22.6 Å². The molecular weight excluding hydrogens is 371 g/mol. The maximum Gasteiger partial charge on any atom is 0.253 e. The van der Waals surface area contributed by atoms with Crippen molar-refractivity contribution in [1.29, 1.82) is 0 Å². The van der Waals surface area contributed by atoms with Gasteiger partial charge in [-0.15, -0.1) is 0 Å². The van der Waals surface area contributed by atoms with Crippen LogP contribution in [0.1, 0.15) is 29.5 Å². The Bertz CT molecular complexity index is 1090. The van der Waals surface area contributed by atoms with E-state index in [9.17, 15) is 14.0 Å². The quantitative estimate of drug-likeness (QED) is 0.718. The Balaban J connectivity index is 1.66. The fraction of sp³-hybridized carbons (Fsp3) is 0.304. The Morgan fingerprint density at radius 2 is 2.00 bits per heavy atom. The van der Waals surface area contributed by atoms with Crippen molar-refractivity contribution < 1.29 is 13.9 Å². The van der Waals surface area contributed by atoms with E-state index in [0.29, 0.717) is 18.6 Å². The van der Waals surface area contributed by atoms with Crippen LogP contribution in [-0.4, -0.2) is 28.5 Å². The zero-order valence-corrected chi connectivity index (χ0v) is 16.3. The van der Waals surface area contributed by atoms with E-state index in [-0.39, 0.29) is 30.4 Å². The number of rotatable bonds is 5. The molecule has 1 aliphatic rings. The van der Waals surface area contributed by atoms with Gasteiger partial charge >= 0.3 is 0 Å². The zero-order chi connectivity index (χ0) is 20.4. The molecule has 150 valence electrons. The molecule has 1 saturated heterocycles. The summed E-state index contributed by atoms with van der Waals surface area (Å²) >= 11 is 0. The van der Waals surface area contributed by atoms with Crippen molar-refractivity contribution in [3.63, 3.8) is 0 Å². The van der Waals surface area contributed by atoms with E-state index in [1.165, 1.54) is 12.1 Å². The van der Waals surface area contributed by atoms with Crippen LogP contribution in [0.3, 0.4) is 0 Å². The molecule has 0 radical (unpaired) electrons. The summed E-state index contributed by atoms with van der Waals surface area (Å²) < 4.78 is 18.8. The monoisotopic (exact) mass is 394 g/mol. The second-order valence-corrected chi connectivity index (χ2v) is 7.49. The number of halogens is 1. The number of fused-ring (bicyclic) bond motifs is 1. The number of para-hydroxylation sites is 1. The number of pyridine rings is 1. The van der Waals surface area contributed by atoms with Gasteiger partial charge in [-0.25, -0.2) is 4.39 Å². The van der Waals surface area contributed by atoms with Crippen LogP contribution in [0, 0.1) is 12.7 Å². The van der Waals surface area contributed by atoms with E-state index in [1.807, 2.05) is 31.2 Å². The smallest absolute Gasteiger partial charge is 0.253 e. The molecule has 0 bridgehead atoms. The van der Waals surface area contributed by atoms with Crippen molar-refractivity contribution in [3.8, 4) is 0 Å². The number of carbonyl (C=O) groups is 1. The van der Waals surface area contributed by atoms with Gasteiger partial charge in [-0.3, -0.25) is 9.59 Å². The molecule has 3 aromatic rings. The highest BCUT2D eigenvalue weighted by atomic mass is 19.1. The highest BCUT2D eigenvalue weighted by Gasteiger charge is 2.29. The number of aryl methyl sites for hydroxylation is 1. The minimum absolute atomic E-state index is 0.143. The standard InChI is InChI=1S/C23H23FN2O3/c1-15-4-2-5-17-12-18(22(27)25-21(15)17)14-26(23(28)20-6-3-11-29-20)13-16-7-9-19(24)10-8-16/h2,4-5,7-10,12,20H,3,6,11,13-14H2,1H3,(H,25,27)/t20-/m1/s1. The van der Waals surface area contributed by atoms with E-state index in [1.54, 1.807) is 17.0 Å². The lowest BCUT2D eigenvalue weighted by molar-refractivity contribution is -0.142. The molecule has 2 aromatic carbocycles. The van der Waals surface area contributed by atoms with Gasteiger partial charge in [0.25, 0.3) is 11.5 Å². The number of aromatic amines is 1. The molecule has 0 saturated carbocycles. The van der Waals surface area contributed by atoms with E-state index < -0.39 is 6.10 Å². The van der Waals surface area contributed by atoms with Crippen LogP contribution in [0.15, 0.2) is 53.3 Å². The first-order valence-corrected chi connectivity index (χ1v) is 9.77. The molecule has 1 fully saturated rings. The normalized spacial score (nSPS) is 16.3. The summed E-state index contributed by atoms with van der Waals surface area (Å²) in [5.74, 6) is -0.470. The lowest BCUT2D eigenvalue weighted by Gasteiger charge is -2.25. The lowest BCUT2D eigenvalue weighted by Crippen LogP contribution is -2.39. The Kier molecular flexibility index (Phi) is 5.45. The van der Waals surface area contributed by atoms with Crippen molar-refractivity contribution in [3.05, 3.63) is 81.4 Å². The highest BCUT2D eigenvalue weighted by Crippen LogP contribution is 2.20. The van der Waals surface area contributed by atoms with E-state index >= 15 is 0 Å². The van der Waals surface area contributed by atoms with Crippen molar-refractivity contribution in [1.82, 2.24) is 9.88 Å². The van der Waals surface area contributed by atoms with Crippen molar-refractivity contribution in [2.45, 2.75) is 39.0 Å². The molecule has 6 heteroatoms. The minimum atomic E-state index is -0.489. The third-order valence-corrected chi connectivity index (χ3v) is 5.33. The Labute approximate surface area is 168 Å². The summed E-state index contributed by atoms with van der Waals surface area (Å²) in [6.45, 7) is 2.95. The van der Waals surface area contributed by atoms with E-state index in [4.69, 9.17) is 4.74 Å². The van der Waals surface area contributed by atoms with Crippen LogP contribution >= 0.6 is 0 Å². The van der Waals surface area contributed by atoms with Crippen LogP contribution in [0.5, 0.6) is 0 Å². The van der Waals surface area contributed by atoms with Crippen molar-refractivity contribution >= 4 is 16.8 Å². The number of benzene rings is 2. The predicted molar refractivity (Wildman–Crippen MR) is 109 cm³/mol. The number of hydrogen-bond donors (Lipinski definition) is 1. The lowest BCUT2D eigenvalue weighted by atomic mass is 10.1. The molecule has 1 amide bonds. The number of amides is 1. The Hall–Kier alpha value is -2.99. The third-order valence-electron chi connectivity index (χ3n) is 5.33. The molecule has 1 N–H and O–H groups in total. The summed E-state index contributed by atoms with van der Waals surface area (Å²) in [4.78, 5) is 30.3. The molecule has 1 aromatic heterocycles. The average Bonchev–Trinajstić information content (AvgIpc) is 3.25. The molecule has 5 nitrogen and oxygen atoms in total. The second-order valence-electron chi connectivity index (χ2n) is 7.49. The summed E-state index contributed by atoms with van der Waals surface area (Å²) in [7, 11) is 0. The predicted octanol–water partition coefficient (Wildman–Crippen LogP) is 3.68. The van der Waals surface area contributed by atoms with Gasteiger partial charge in [0.1, 0.15) is 11.9 Å². The van der Waals surface area contributed by atoms with Crippen LogP contribution < -0.4 is 5.56 Å². The molecule has 1 atom stereocenters. The number of aromatic nitrogens is 1. The first-order chi connectivity index (χ1) is 14.0. The van der Waals surface area contributed by atoms with Gasteiger partial charge in [0, 0.05) is 18.7 Å². The van der Waals surface area contributed by atoms with Gasteiger partial charge in [-0.05, 0) is 54.5 Å². The third kappa shape index (κ3) is 4.22. The Morgan fingerprint density at radius 1 is 1.21 bits per heavy atom. The number of ether oxygens (including phenoxy) is 1. The molecule has 0 aliphatic carbocycles. The molecule has 2 heterocycles. The van der Waals surface area contributed by atoms with Gasteiger partial charge in [0.2, 0.25) is 0 Å². The van der Waals surface area contributed by atoms with Crippen LogP contribution in [0.4, 0.5) is 4.39 Å². The number of hydrogen-bond acceptors (Lipinski definition) is 3. The second kappa shape index (κ2) is 8.17. The topological polar surface area (TPSA) is 62.4 Å². The Morgan fingerprint density at radius 3 is 2.72 bits per heavy atom. The minimum Gasteiger partial charge on any atom is -0.368 e. The van der Waals surface area contributed by atoms with Crippen molar-refractivity contribution in [2.75, 3.05) is 6.61 Å². The SMILES string of the molecule is Cc1cccc2cc(CN(Cc3ccc(F)cc3)C(=O)[C@H]3CCCO3)c(=O)[nH]c12. The van der Waals surface area contributed by atoms with E-state index in [2.05, 4.69) is 4.98 Å². The molecule has 29 heavy (non-hydrogen) atoms. The number of nitrogens with one attached hydrogen (secondary N) is 1. The van der Waals surface area contributed by atoms with Crippen molar-refractivity contribution in [2.24, 2.45) is 0 Å². The molecule has 0 unspecified atom stereocenters. The van der Waals surface area contributed by atoms with Gasteiger partial charge in [-0.1, -0.05) is 30.3 Å². The zero-order valence-electron chi connectivity index (χ0n) is 16.3. The van der Waals surface area contributed by atoms with Gasteiger partial charge in [0.15, 0.2) is 0 Å². The fourth-order valence-corrected chi connectivity index (χ4v) is 3.75. The number of carbonyl (C=O) groups excluding carboxylic acids is 1. The summed E-state index contributed by atoms with van der Waals surface area (Å²) in [6, 6.07) is 13.7.